The molecule has 0 unspecified atom stereocenters. The highest BCUT2D eigenvalue weighted by Gasteiger charge is 2.23. The van der Waals surface area contributed by atoms with Crippen molar-refractivity contribution in [1.82, 2.24) is 15.3 Å². The van der Waals surface area contributed by atoms with Crippen molar-refractivity contribution >= 4 is 23.5 Å². The van der Waals surface area contributed by atoms with Crippen molar-refractivity contribution in [3.8, 4) is 0 Å². The van der Waals surface area contributed by atoms with E-state index in [9.17, 15) is 9.59 Å². The summed E-state index contributed by atoms with van der Waals surface area (Å²) in [4.78, 5) is 32.5. The Kier molecular flexibility index (Phi) is 3.71. The number of rotatable bonds is 4. The molecule has 18 heavy (non-hydrogen) atoms. The second-order valence-electron chi connectivity index (χ2n) is 4.02. The van der Waals surface area contributed by atoms with E-state index in [-0.39, 0.29) is 24.9 Å². The van der Waals surface area contributed by atoms with Gasteiger partial charge in [0.2, 0.25) is 11.8 Å². The van der Waals surface area contributed by atoms with E-state index >= 15 is 0 Å². The summed E-state index contributed by atoms with van der Waals surface area (Å²) in [5, 5.41) is 5.36. The molecule has 1 aromatic heterocycles. The first-order valence-corrected chi connectivity index (χ1v) is 5.82. The van der Waals surface area contributed by atoms with Gasteiger partial charge in [0.05, 0.1) is 25.5 Å². The van der Waals surface area contributed by atoms with Gasteiger partial charge in [-0.05, 0) is 6.42 Å². The highest BCUT2D eigenvalue weighted by atomic mass is 16.2. The highest BCUT2D eigenvalue weighted by molar-refractivity contribution is 6.02. The molecule has 96 valence electrons. The van der Waals surface area contributed by atoms with Crippen LogP contribution in [0.15, 0.2) is 12.4 Å². The number of hydrogen-bond acceptors (Lipinski definition) is 6. The molecular weight excluding hydrogens is 234 g/mol. The van der Waals surface area contributed by atoms with Crippen LogP contribution in [0.5, 0.6) is 0 Å². The Morgan fingerprint density at radius 1 is 1.33 bits per heavy atom. The van der Waals surface area contributed by atoms with E-state index in [1.807, 2.05) is 0 Å². The molecule has 0 saturated carbocycles. The maximum absolute atomic E-state index is 11.3. The fourth-order valence-corrected chi connectivity index (χ4v) is 1.65. The number of anilines is 2. The van der Waals surface area contributed by atoms with Gasteiger partial charge in [-0.2, -0.15) is 0 Å². The Labute approximate surface area is 105 Å². The van der Waals surface area contributed by atoms with E-state index in [4.69, 9.17) is 0 Å². The molecule has 0 radical (unpaired) electrons. The third-order valence-corrected chi connectivity index (χ3v) is 2.45. The molecule has 2 amide bonds. The van der Waals surface area contributed by atoms with Gasteiger partial charge in [0.15, 0.2) is 0 Å². The number of nitrogens with one attached hydrogen (secondary N) is 2. The van der Waals surface area contributed by atoms with Gasteiger partial charge in [-0.1, -0.05) is 6.92 Å². The van der Waals surface area contributed by atoms with Crippen LogP contribution in [0, 0.1) is 0 Å². The lowest BCUT2D eigenvalue weighted by molar-refractivity contribution is -0.130. The third kappa shape index (κ3) is 2.93. The molecular formula is C11H15N5O2. The standard InChI is InChI=1S/C11H15N5O2/c1-2-3-13-8-4-12-5-9(14-8)16-6-10(17)15-11(18)7-16/h4-5H,2-3,6-7H2,1H3,(H,13,14)(H,15,17,18). The van der Waals surface area contributed by atoms with Crippen LogP contribution in [0.25, 0.3) is 0 Å². The number of hydrogen-bond donors (Lipinski definition) is 2. The minimum absolute atomic E-state index is 0.123. The van der Waals surface area contributed by atoms with Gasteiger partial charge in [0.1, 0.15) is 11.6 Å². The molecule has 0 aromatic carbocycles. The molecule has 0 bridgehead atoms. The van der Waals surface area contributed by atoms with Crippen LogP contribution >= 0.6 is 0 Å². The zero-order chi connectivity index (χ0) is 13.0. The molecule has 1 aliphatic heterocycles. The summed E-state index contributed by atoms with van der Waals surface area (Å²) in [6.07, 6.45) is 4.14. The average molecular weight is 249 g/mol. The van der Waals surface area contributed by atoms with Crippen molar-refractivity contribution in [2.24, 2.45) is 0 Å². The lowest BCUT2D eigenvalue weighted by Crippen LogP contribution is -2.51. The minimum atomic E-state index is -0.319. The summed E-state index contributed by atoms with van der Waals surface area (Å²) >= 11 is 0. The summed E-state index contributed by atoms with van der Waals surface area (Å²) < 4.78 is 0. The zero-order valence-corrected chi connectivity index (χ0v) is 10.1. The molecule has 1 fully saturated rings. The predicted octanol–water partition coefficient (Wildman–Crippen LogP) is -0.239. The van der Waals surface area contributed by atoms with Crippen LogP contribution in [0.1, 0.15) is 13.3 Å². The number of carbonyl (C=O) groups excluding carboxylic acids is 2. The van der Waals surface area contributed by atoms with Gasteiger partial charge >= 0.3 is 0 Å². The Balaban J connectivity index is 2.12. The molecule has 2 heterocycles. The smallest absolute Gasteiger partial charge is 0.246 e. The number of carbonyl (C=O) groups is 2. The number of piperazine rings is 1. The molecule has 0 atom stereocenters. The molecule has 1 aromatic rings. The van der Waals surface area contributed by atoms with Gasteiger partial charge in [0.25, 0.3) is 0 Å². The first-order valence-electron chi connectivity index (χ1n) is 5.82. The molecule has 1 saturated heterocycles. The van der Waals surface area contributed by atoms with Crippen molar-refractivity contribution in [3.05, 3.63) is 12.4 Å². The largest absolute Gasteiger partial charge is 0.369 e. The van der Waals surface area contributed by atoms with Crippen molar-refractivity contribution in [1.29, 1.82) is 0 Å². The Morgan fingerprint density at radius 3 is 2.72 bits per heavy atom. The number of aromatic nitrogens is 2. The first kappa shape index (κ1) is 12.3. The number of imide groups is 1. The van der Waals surface area contributed by atoms with Crippen LogP contribution in [-0.2, 0) is 9.59 Å². The minimum Gasteiger partial charge on any atom is -0.369 e. The van der Waals surface area contributed by atoms with Crippen LogP contribution in [0.2, 0.25) is 0 Å². The fourth-order valence-electron chi connectivity index (χ4n) is 1.65. The van der Waals surface area contributed by atoms with Crippen molar-refractivity contribution in [2.75, 3.05) is 29.9 Å². The molecule has 7 nitrogen and oxygen atoms in total. The summed E-state index contributed by atoms with van der Waals surface area (Å²) in [5.74, 6) is 0.534. The molecule has 2 rings (SSSR count). The maximum atomic E-state index is 11.3. The van der Waals surface area contributed by atoms with E-state index in [0.29, 0.717) is 11.6 Å². The van der Waals surface area contributed by atoms with Crippen LogP contribution in [0.3, 0.4) is 0 Å². The Morgan fingerprint density at radius 2 is 2.06 bits per heavy atom. The van der Waals surface area contributed by atoms with Crippen molar-refractivity contribution in [3.63, 3.8) is 0 Å². The second kappa shape index (κ2) is 5.44. The predicted molar refractivity (Wildman–Crippen MR) is 66.2 cm³/mol. The normalized spacial score (nSPS) is 15.5. The lowest BCUT2D eigenvalue weighted by Gasteiger charge is -2.26. The van der Waals surface area contributed by atoms with Gasteiger partial charge in [0, 0.05) is 6.54 Å². The Bertz CT molecular complexity index is 447. The van der Waals surface area contributed by atoms with E-state index < -0.39 is 0 Å². The zero-order valence-electron chi connectivity index (χ0n) is 10.1. The molecule has 7 heteroatoms. The van der Waals surface area contributed by atoms with Crippen LogP contribution in [-0.4, -0.2) is 41.4 Å². The molecule has 0 aliphatic carbocycles. The monoisotopic (exact) mass is 249 g/mol. The molecule has 0 spiro atoms. The molecule has 2 N–H and O–H groups in total. The van der Waals surface area contributed by atoms with Crippen molar-refractivity contribution in [2.45, 2.75) is 13.3 Å². The van der Waals surface area contributed by atoms with E-state index in [2.05, 4.69) is 27.5 Å². The van der Waals surface area contributed by atoms with Crippen molar-refractivity contribution < 1.29 is 9.59 Å². The van der Waals surface area contributed by atoms with E-state index in [0.717, 1.165) is 13.0 Å². The molecule has 1 aliphatic rings. The third-order valence-electron chi connectivity index (χ3n) is 2.45. The van der Waals surface area contributed by atoms with Gasteiger partial charge in [-0.3, -0.25) is 19.9 Å². The maximum Gasteiger partial charge on any atom is 0.246 e. The summed E-state index contributed by atoms with van der Waals surface area (Å²) in [7, 11) is 0. The van der Waals surface area contributed by atoms with E-state index in [1.54, 1.807) is 17.3 Å². The second-order valence-corrected chi connectivity index (χ2v) is 4.02. The van der Waals surface area contributed by atoms with Crippen LogP contribution < -0.4 is 15.5 Å². The topological polar surface area (TPSA) is 87.2 Å². The fraction of sp³-hybridized carbons (Fsp3) is 0.455. The summed E-state index contributed by atoms with van der Waals surface area (Å²) in [6, 6.07) is 0. The summed E-state index contributed by atoms with van der Waals surface area (Å²) in [6.45, 7) is 3.10. The van der Waals surface area contributed by atoms with Crippen LogP contribution in [0.4, 0.5) is 11.6 Å². The average Bonchev–Trinajstić information content (AvgIpc) is 2.35. The quantitative estimate of drug-likeness (QED) is 0.716. The van der Waals surface area contributed by atoms with Gasteiger partial charge < -0.3 is 10.2 Å². The summed E-state index contributed by atoms with van der Waals surface area (Å²) in [5.41, 5.74) is 0. The highest BCUT2D eigenvalue weighted by Crippen LogP contribution is 2.13. The Hall–Kier alpha value is -2.18. The number of nitrogens with zero attached hydrogens (tertiary/aromatic N) is 3. The lowest BCUT2D eigenvalue weighted by atomic mass is 10.3. The number of amides is 2. The SMILES string of the molecule is CCCNc1cncc(N2CC(=O)NC(=O)C2)n1. The van der Waals surface area contributed by atoms with Gasteiger partial charge in [-0.25, -0.2) is 4.98 Å². The first-order chi connectivity index (χ1) is 8.69. The van der Waals surface area contributed by atoms with Gasteiger partial charge in [-0.15, -0.1) is 0 Å². The van der Waals surface area contributed by atoms with E-state index in [1.165, 1.54) is 0 Å².